The minimum atomic E-state index is -0.657. The second-order valence-corrected chi connectivity index (χ2v) is 4.85. The van der Waals surface area contributed by atoms with Crippen LogP contribution in [0.2, 0.25) is 5.02 Å². The average Bonchev–Trinajstić information content (AvgIpc) is 2.85. The maximum atomic E-state index is 13.6. The van der Waals surface area contributed by atoms with Gasteiger partial charge in [-0.15, -0.1) is 0 Å². The topological polar surface area (TPSA) is 41.1 Å². The van der Waals surface area contributed by atoms with E-state index in [0.29, 0.717) is 12.6 Å². The monoisotopic (exact) mass is 270 g/mol. The van der Waals surface area contributed by atoms with Gasteiger partial charge in [-0.05, 0) is 37.9 Å². The normalized spacial score (nSPS) is 18.9. The van der Waals surface area contributed by atoms with E-state index < -0.39 is 11.7 Å². The molecule has 1 atom stereocenters. The van der Waals surface area contributed by atoms with Crippen LogP contribution in [0.4, 0.5) is 4.39 Å². The molecular weight excluding hydrogens is 255 g/mol. The van der Waals surface area contributed by atoms with Gasteiger partial charge in [0.25, 0.3) is 5.91 Å². The summed E-state index contributed by atoms with van der Waals surface area (Å²) >= 11 is 5.63. The quantitative estimate of drug-likeness (QED) is 0.882. The molecule has 1 fully saturated rings. The van der Waals surface area contributed by atoms with Gasteiger partial charge in [0.15, 0.2) is 5.82 Å². The molecule has 1 amide bonds. The zero-order valence-corrected chi connectivity index (χ0v) is 10.8. The van der Waals surface area contributed by atoms with E-state index in [1.165, 1.54) is 18.6 Å². The Hall–Kier alpha value is -1.13. The maximum Gasteiger partial charge on any atom is 0.254 e. The van der Waals surface area contributed by atoms with Crippen LogP contribution in [0.1, 0.15) is 29.6 Å². The number of carbonyl (C=O) groups is 1. The van der Waals surface area contributed by atoms with Crippen molar-refractivity contribution in [3.05, 3.63) is 34.6 Å². The third-order valence-electron chi connectivity index (χ3n) is 3.14. The first-order chi connectivity index (χ1) is 8.68. The van der Waals surface area contributed by atoms with E-state index in [-0.39, 0.29) is 10.6 Å². The van der Waals surface area contributed by atoms with E-state index in [0.717, 1.165) is 19.4 Å². The molecular formula is C13H16ClFN2O. The van der Waals surface area contributed by atoms with Crippen LogP contribution in [0.3, 0.4) is 0 Å². The minimum absolute atomic E-state index is 0.00174. The van der Waals surface area contributed by atoms with E-state index in [9.17, 15) is 9.18 Å². The van der Waals surface area contributed by atoms with Gasteiger partial charge in [0.1, 0.15) is 0 Å². The number of hydrogen-bond acceptors (Lipinski definition) is 2. The van der Waals surface area contributed by atoms with Crippen LogP contribution >= 0.6 is 11.6 Å². The number of amides is 1. The summed E-state index contributed by atoms with van der Waals surface area (Å²) in [5.74, 6) is -1.07. The first-order valence-electron chi connectivity index (χ1n) is 6.14. The summed E-state index contributed by atoms with van der Waals surface area (Å²) in [5, 5.41) is 6.03. The molecule has 98 valence electrons. The third kappa shape index (κ3) is 3.21. The van der Waals surface area contributed by atoms with Gasteiger partial charge in [-0.1, -0.05) is 17.7 Å². The first kappa shape index (κ1) is 13.3. The summed E-state index contributed by atoms with van der Waals surface area (Å²) in [4.78, 5) is 11.8. The lowest BCUT2D eigenvalue weighted by Gasteiger charge is -2.11. The van der Waals surface area contributed by atoms with Gasteiger partial charge >= 0.3 is 0 Å². The molecule has 1 aromatic carbocycles. The van der Waals surface area contributed by atoms with Crippen molar-refractivity contribution in [3.8, 4) is 0 Å². The number of carbonyl (C=O) groups excluding carboxylic acids is 1. The lowest BCUT2D eigenvalue weighted by Crippen LogP contribution is -2.31. The Bertz CT molecular complexity index is 433. The standard InChI is InChI=1S/C13H16ClFN2O/c14-11-5-1-4-10(12(11)15)13(18)17-8-6-9-3-2-7-16-9/h1,4-5,9,16H,2-3,6-8H2,(H,17,18). The second kappa shape index (κ2) is 6.16. The zero-order chi connectivity index (χ0) is 13.0. The average molecular weight is 271 g/mol. The van der Waals surface area contributed by atoms with Gasteiger partial charge < -0.3 is 10.6 Å². The van der Waals surface area contributed by atoms with Crippen LogP contribution < -0.4 is 10.6 Å². The molecule has 2 N–H and O–H groups in total. The largest absolute Gasteiger partial charge is 0.352 e. The summed E-state index contributed by atoms with van der Waals surface area (Å²) in [6.45, 7) is 1.59. The van der Waals surface area contributed by atoms with Gasteiger partial charge in [0, 0.05) is 12.6 Å². The third-order valence-corrected chi connectivity index (χ3v) is 3.43. The van der Waals surface area contributed by atoms with E-state index in [1.54, 1.807) is 6.07 Å². The lowest BCUT2D eigenvalue weighted by atomic mass is 10.1. The predicted octanol–water partition coefficient (Wildman–Crippen LogP) is 2.35. The zero-order valence-electron chi connectivity index (χ0n) is 10.0. The molecule has 0 aromatic heterocycles. The van der Waals surface area contributed by atoms with Crippen molar-refractivity contribution in [2.45, 2.75) is 25.3 Å². The Kier molecular flexibility index (Phi) is 4.55. The summed E-state index contributed by atoms with van der Waals surface area (Å²) < 4.78 is 13.6. The van der Waals surface area contributed by atoms with E-state index >= 15 is 0 Å². The molecule has 18 heavy (non-hydrogen) atoms. The molecule has 1 aliphatic rings. The summed E-state index contributed by atoms with van der Waals surface area (Å²) in [5.41, 5.74) is 0.00174. The number of halogens is 2. The van der Waals surface area contributed by atoms with Gasteiger partial charge in [-0.25, -0.2) is 4.39 Å². The molecule has 0 saturated carbocycles. The van der Waals surface area contributed by atoms with Gasteiger partial charge in [-0.3, -0.25) is 4.79 Å². The van der Waals surface area contributed by atoms with E-state index in [4.69, 9.17) is 11.6 Å². The molecule has 0 bridgehead atoms. The van der Waals surface area contributed by atoms with Crippen molar-refractivity contribution in [2.75, 3.05) is 13.1 Å². The Balaban J connectivity index is 1.85. The smallest absolute Gasteiger partial charge is 0.254 e. The van der Waals surface area contributed by atoms with Crippen molar-refractivity contribution >= 4 is 17.5 Å². The number of nitrogens with one attached hydrogen (secondary N) is 2. The highest BCUT2D eigenvalue weighted by atomic mass is 35.5. The van der Waals surface area contributed by atoms with Crippen LogP contribution in [-0.2, 0) is 0 Å². The number of hydrogen-bond donors (Lipinski definition) is 2. The highest BCUT2D eigenvalue weighted by Crippen LogP contribution is 2.17. The Labute approximate surface area is 111 Å². The molecule has 0 radical (unpaired) electrons. The highest BCUT2D eigenvalue weighted by molar-refractivity contribution is 6.31. The fourth-order valence-electron chi connectivity index (χ4n) is 2.14. The SMILES string of the molecule is O=C(NCCC1CCCN1)c1cccc(Cl)c1F. The van der Waals surface area contributed by atoms with Gasteiger partial charge in [0.2, 0.25) is 0 Å². The van der Waals surface area contributed by atoms with Crippen molar-refractivity contribution < 1.29 is 9.18 Å². The Morgan fingerprint density at radius 1 is 1.56 bits per heavy atom. The Morgan fingerprint density at radius 2 is 2.39 bits per heavy atom. The van der Waals surface area contributed by atoms with Crippen molar-refractivity contribution in [2.24, 2.45) is 0 Å². The Morgan fingerprint density at radius 3 is 3.11 bits per heavy atom. The molecule has 5 heteroatoms. The predicted molar refractivity (Wildman–Crippen MR) is 69.4 cm³/mol. The van der Waals surface area contributed by atoms with Crippen LogP contribution in [0.15, 0.2) is 18.2 Å². The van der Waals surface area contributed by atoms with Crippen molar-refractivity contribution in [1.82, 2.24) is 10.6 Å². The maximum absolute atomic E-state index is 13.6. The van der Waals surface area contributed by atoms with Gasteiger partial charge in [-0.2, -0.15) is 0 Å². The lowest BCUT2D eigenvalue weighted by molar-refractivity contribution is 0.0948. The fraction of sp³-hybridized carbons (Fsp3) is 0.462. The van der Waals surface area contributed by atoms with Crippen LogP contribution in [0.25, 0.3) is 0 Å². The van der Waals surface area contributed by atoms with E-state index in [1.807, 2.05) is 0 Å². The molecule has 1 saturated heterocycles. The molecule has 1 heterocycles. The molecule has 1 aromatic rings. The second-order valence-electron chi connectivity index (χ2n) is 4.44. The van der Waals surface area contributed by atoms with E-state index in [2.05, 4.69) is 10.6 Å². The van der Waals surface area contributed by atoms with Crippen molar-refractivity contribution in [1.29, 1.82) is 0 Å². The highest BCUT2D eigenvalue weighted by Gasteiger charge is 2.16. The minimum Gasteiger partial charge on any atom is -0.352 e. The molecule has 2 rings (SSSR count). The first-order valence-corrected chi connectivity index (χ1v) is 6.52. The van der Waals surface area contributed by atoms with Crippen molar-refractivity contribution in [3.63, 3.8) is 0 Å². The molecule has 1 aliphatic heterocycles. The number of rotatable bonds is 4. The fourth-order valence-corrected chi connectivity index (χ4v) is 2.31. The summed E-state index contributed by atoms with van der Waals surface area (Å²) in [7, 11) is 0. The van der Waals surface area contributed by atoms with Gasteiger partial charge in [0.05, 0.1) is 10.6 Å². The van der Waals surface area contributed by atoms with Crippen LogP contribution in [-0.4, -0.2) is 25.0 Å². The molecule has 0 spiro atoms. The number of benzene rings is 1. The molecule has 0 aliphatic carbocycles. The molecule has 3 nitrogen and oxygen atoms in total. The molecule has 1 unspecified atom stereocenters. The summed E-state index contributed by atoms with van der Waals surface area (Å²) in [6, 6.07) is 4.90. The van der Waals surface area contributed by atoms with Crippen LogP contribution in [0, 0.1) is 5.82 Å². The summed E-state index contributed by atoms with van der Waals surface area (Å²) in [6.07, 6.45) is 3.19. The van der Waals surface area contributed by atoms with Crippen LogP contribution in [0.5, 0.6) is 0 Å².